The first-order chi connectivity index (χ1) is 8.84. The number of halogens is 2. The average molecular weight is 277 g/mol. The molecule has 0 heterocycles. The van der Waals surface area contributed by atoms with Crippen molar-refractivity contribution in [3.63, 3.8) is 0 Å². The topological polar surface area (TPSA) is 21.3 Å². The van der Waals surface area contributed by atoms with Crippen LogP contribution in [0.25, 0.3) is 0 Å². The summed E-state index contributed by atoms with van der Waals surface area (Å²) in [6.07, 6.45) is 1.67. The first kappa shape index (κ1) is 16.8. The van der Waals surface area contributed by atoms with E-state index in [0.29, 0.717) is 5.92 Å². The van der Waals surface area contributed by atoms with Gasteiger partial charge in [0.15, 0.2) is 0 Å². The van der Waals surface area contributed by atoms with E-state index in [9.17, 15) is 8.78 Å². The monoisotopic (exact) mass is 277 g/mol. The molecule has 1 saturated carbocycles. The Labute approximate surface area is 116 Å². The quantitative estimate of drug-likeness (QED) is 0.796. The van der Waals surface area contributed by atoms with Gasteiger partial charge in [0.1, 0.15) is 6.61 Å². The molecule has 0 aliphatic heterocycles. The standard InChI is InChI=1S/C15H29F2NO/c1-5-8-18-12-7-6-11(15(2,3)4)9-13(12)19-10-14(16)17/h11-14,18H,5-10H2,1-4H3. The number of alkyl halides is 2. The predicted octanol–water partition coefficient (Wildman–Crippen LogP) is 3.85. The van der Waals surface area contributed by atoms with Gasteiger partial charge in [0.25, 0.3) is 6.43 Å². The molecule has 0 spiro atoms. The number of hydrogen-bond donors (Lipinski definition) is 1. The molecule has 1 fully saturated rings. The Balaban J connectivity index is 2.57. The summed E-state index contributed by atoms with van der Waals surface area (Å²) in [5, 5.41) is 3.45. The van der Waals surface area contributed by atoms with E-state index in [-0.39, 0.29) is 17.6 Å². The minimum atomic E-state index is -2.37. The molecule has 0 saturated heterocycles. The van der Waals surface area contributed by atoms with Crippen molar-refractivity contribution in [3.8, 4) is 0 Å². The number of ether oxygens (including phenoxy) is 1. The Kier molecular flexibility index (Phi) is 6.67. The highest BCUT2D eigenvalue weighted by Gasteiger charge is 2.36. The Morgan fingerprint density at radius 3 is 2.47 bits per heavy atom. The molecule has 2 nitrogen and oxygen atoms in total. The highest BCUT2D eigenvalue weighted by molar-refractivity contribution is 4.90. The summed E-state index contributed by atoms with van der Waals surface area (Å²) in [4.78, 5) is 0. The van der Waals surface area contributed by atoms with Crippen LogP contribution in [-0.4, -0.2) is 31.7 Å². The largest absolute Gasteiger partial charge is 0.371 e. The number of hydrogen-bond acceptors (Lipinski definition) is 2. The summed E-state index contributed by atoms with van der Waals surface area (Å²) in [5.74, 6) is 0.551. The molecule has 1 rings (SSSR count). The molecule has 0 aromatic rings. The molecule has 19 heavy (non-hydrogen) atoms. The van der Waals surface area contributed by atoms with Crippen LogP contribution >= 0.6 is 0 Å². The van der Waals surface area contributed by atoms with Gasteiger partial charge in [0, 0.05) is 6.04 Å². The highest BCUT2D eigenvalue weighted by atomic mass is 19.3. The first-order valence-corrected chi connectivity index (χ1v) is 7.47. The molecule has 1 aliphatic carbocycles. The zero-order valence-electron chi connectivity index (χ0n) is 12.7. The second-order valence-electron chi connectivity index (χ2n) is 6.70. The minimum Gasteiger partial charge on any atom is -0.371 e. The molecular formula is C15H29F2NO. The fraction of sp³-hybridized carbons (Fsp3) is 1.00. The molecule has 1 N–H and O–H groups in total. The van der Waals surface area contributed by atoms with Crippen LogP contribution in [0.15, 0.2) is 0 Å². The first-order valence-electron chi connectivity index (χ1n) is 7.47. The number of nitrogens with one attached hydrogen (secondary N) is 1. The van der Waals surface area contributed by atoms with E-state index in [1.54, 1.807) is 0 Å². The molecule has 0 aromatic carbocycles. The Hall–Kier alpha value is -0.220. The summed E-state index contributed by atoms with van der Waals surface area (Å²) in [6, 6.07) is 0.234. The lowest BCUT2D eigenvalue weighted by atomic mass is 9.70. The molecular weight excluding hydrogens is 248 g/mol. The molecule has 0 radical (unpaired) electrons. The van der Waals surface area contributed by atoms with Gasteiger partial charge in [0.2, 0.25) is 0 Å². The summed E-state index contributed by atoms with van der Waals surface area (Å²) in [7, 11) is 0. The summed E-state index contributed by atoms with van der Waals surface area (Å²) in [5.41, 5.74) is 0.224. The molecule has 1 aliphatic rings. The maximum Gasteiger partial charge on any atom is 0.261 e. The van der Waals surface area contributed by atoms with Gasteiger partial charge >= 0.3 is 0 Å². The lowest BCUT2D eigenvalue weighted by Gasteiger charge is -2.42. The third-order valence-corrected chi connectivity index (χ3v) is 4.11. The van der Waals surface area contributed by atoms with Crippen molar-refractivity contribution in [2.75, 3.05) is 13.2 Å². The van der Waals surface area contributed by atoms with E-state index in [1.807, 2.05) is 0 Å². The zero-order chi connectivity index (χ0) is 14.5. The van der Waals surface area contributed by atoms with Crippen LogP contribution in [-0.2, 0) is 4.74 Å². The van der Waals surface area contributed by atoms with Crippen LogP contribution in [0.5, 0.6) is 0 Å². The van der Waals surface area contributed by atoms with E-state index >= 15 is 0 Å². The lowest BCUT2D eigenvalue weighted by molar-refractivity contribution is -0.0678. The smallest absolute Gasteiger partial charge is 0.261 e. The van der Waals surface area contributed by atoms with Crippen LogP contribution in [0.4, 0.5) is 8.78 Å². The Morgan fingerprint density at radius 2 is 1.95 bits per heavy atom. The van der Waals surface area contributed by atoms with Gasteiger partial charge in [-0.2, -0.15) is 0 Å². The summed E-state index contributed by atoms with van der Waals surface area (Å²) < 4.78 is 30.2. The van der Waals surface area contributed by atoms with Crippen molar-refractivity contribution < 1.29 is 13.5 Å². The van der Waals surface area contributed by atoms with Gasteiger partial charge in [0.05, 0.1) is 6.10 Å². The molecule has 0 bridgehead atoms. The van der Waals surface area contributed by atoms with Crippen LogP contribution in [0.2, 0.25) is 0 Å². The molecule has 4 heteroatoms. The Bertz CT molecular complexity index is 253. The van der Waals surface area contributed by atoms with Gasteiger partial charge in [-0.3, -0.25) is 0 Å². The van der Waals surface area contributed by atoms with E-state index in [0.717, 1.165) is 32.2 Å². The van der Waals surface area contributed by atoms with E-state index in [1.165, 1.54) is 0 Å². The fourth-order valence-corrected chi connectivity index (χ4v) is 2.86. The van der Waals surface area contributed by atoms with Gasteiger partial charge < -0.3 is 10.1 Å². The van der Waals surface area contributed by atoms with Crippen molar-refractivity contribution >= 4 is 0 Å². The highest BCUT2D eigenvalue weighted by Crippen LogP contribution is 2.38. The maximum atomic E-state index is 12.4. The van der Waals surface area contributed by atoms with Gasteiger partial charge in [-0.25, -0.2) is 8.78 Å². The van der Waals surface area contributed by atoms with Crippen molar-refractivity contribution in [2.24, 2.45) is 11.3 Å². The van der Waals surface area contributed by atoms with Gasteiger partial charge in [-0.1, -0.05) is 27.7 Å². The molecule has 0 amide bonds. The second kappa shape index (κ2) is 7.53. The third-order valence-electron chi connectivity index (χ3n) is 4.11. The van der Waals surface area contributed by atoms with Crippen LogP contribution in [0.3, 0.4) is 0 Å². The van der Waals surface area contributed by atoms with E-state index < -0.39 is 13.0 Å². The summed E-state index contributed by atoms with van der Waals surface area (Å²) >= 11 is 0. The van der Waals surface area contributed by atoms with E-state index in [4.69, 9.17) is 4.74 Å². The van der Waals surface area contributed by atoms with Crippen molar-refractivity contribution in [1.82, 2.24) is 5.32 Å². The zero-order valence-corrected chi connectivity index (χ0v) is 12.7. The van der Waals surface area contributed by atoms with Crippen LogP contribution < -0.4 is 5.32 Å². The molecule has 114 valence electrons. The van der Waals surface area contributed by atoms with Crippen LogP contribution in [0.1, 0.15) is 53.4 Å². The van der Waals surface area contributed by atoms with Crippen molar-refractivity contribution in [3.05, 3.63) is 0 Å². The van der Waals surface area contributed by atoms with Crippen LogP contribution in [0, 0.1) is 11.3 Å². The van der Waals surface area contributed by atoms with Gasteiger partial charge in [-0.15, -0.1) is 0 Å². The number of rotatable bonds is 6. The minimum absolute atomic E-state index is 0.0708. The fourth-order valence-electron chi connectivity index (χ4n) is 2.86. The normalized spacial score (nSPS) is 28.9. The predicted molar refractivity (Wildman–Crippen MR) is 74.6 cm³/mol. The molecule has 3 unspecified atom stereocenters. The van der Waals surface area contributed by atoms with E-state index in [2.05, 4.69) is 33.0 Å². The van der Waals surface area contributed by atoms with Crippen molar-refractivity contribution in [1.29, 1.82) is 0 Å². The average Bonchev–Trinajstić information content (AvgIpc) is 2.33. The summed E-state index contributed by atoms with van der Waals surface area (Å²) in [6.45, 7) is 9.28. The lowest BCUT2D eigenvalue weighted by Crippen LogP contribution is -2.48. The Morgan fingerprint density at radius 1 is 1.26 bits per heavy atom. The molecule has 3 atom stereocenters. The van der Waals surface area contributed by atoms with Crippen molar-refractivity contribution in [2.45, 2.75) is 71.9 Å². The second-order valence-corrected chi connectivity index (χ2v) is 6.70. The third kappa shape index (κ3) is 5.74. The maximum absolute atomic E-state index is 12.4. The molecule has 0 aromatic heterocycles. The van der Waals surface area contributed by atoms with Gasteiger partial charge in [-0.05, 0) is 43.6 Å². The SMILES string of the molecule is CCCNC1CCC(C(C)(C)C)CC1OCC(F)F.